The molecular weight excluding hydrogens is 363 g/mol. The molecular formula is C18H16Cl2N2OS. The predicted molar refractivity (Wildman–Crippen MR) is 102 cm³/mol. The third-order valence-corrected chi connectivity index (χ3v) is 5.27. The summed E-state index contributed by atoms with van der Waals surface area (Å²) in [5.41, 5.74) is 9.02. The molecule has 0 fully saturated rings. The summed E-state index contributed by atoms with van der Waals surface area (Å²) < 4.78 is 5.24. The van der Waals surface area contributed by atoms with E-state index in [2.05, 4.69) is 17.1 Å². The van der Waals surface area contributed by atoms with Gasteiger partial charge in [-0.1, -0.05) is 41.4 Å². The van der Waals surface area contributed by atoms with E-state index in [9.17, 15) is 0 Å². The maximum absolute atomic E-state index is 6.15. The second-order valence-corrected chi connectivity index (χ2v) is 7.09. The number of methoxy groups -OCH3 is 1. The first-order valence-electron chi connectivity index (χ1n) is 7.35. The van der Waals surface area contributed by atoms with Crippen LogP contribution in [0.1, 0.15) is 22.7 Å². The number of nitrogens with two attached hydrogens (primary N) is 1. The zero-order chi connectivity index (χ0) is 17.1. The van der Waals surface area contributed by atoms with Gasteiger partial charge in [-0.2, -0.15) is 0 Å². The van der Waals surface area contributed by atoms with E-state index >= 15 is 0 Å². The van der Waals surface area contributed by atoms with Crippen molar-refractivity contribution in [2.75, 3.05) is 12.8 Å². The summed E-state index contributed by atoms with van der Waals surface area (Å²) in [7, 11) is 1.66. The molecule has 0 aliphatic carbocycles. The number of hydrogen-bond donors (Lipinski definition) is 1. The summed E-state index contributed by atoms with van der Waals surface area (Å²) in [6.45, 7) is 0. The molecule has 124 valence electrons. The Balaban J connectivity index is 1.96. The molecule has 0 saturated heterocycles. The average molecular weight is 379 g/mol. The number of hydrogen-bond acceptors (Lipinski definition) is 4. The van der Waals surface area contributed by atoms with E-state index in [1.165, 1.54) is 11.3 Å². The number of halogens is 2. The van der Waals surface area contributed by atoms with Gasteiger partial charge in [0.05, 0.1) is 22.8 Å². The molecule has 24 heavy (non-hydrogen) atoms. The van der Waals surface area contributed by atoms with Crippen molar-refractivity contribution in [2.45, 2.75) is 12.3 Å². The Labute approximate surface area is 155 Å². The second kappa shape index (κ2) is 7.43. The largest absolute Gasteiger partial charge is 0.497 e. The van der Waals surface area contributed by atoms with E-state index in [1.807, 2.05) is 35.7 Å². The van der Waals surface area contributed by atoms with Gasteiger partial charge in [-0.25, -0.2) is 4.98 Å². The molecule has 0 bridgehead atoms. The zero-order valence-corrected chi connectivity index (χ0v) is 15.3. The van der Waals surface area contributed by atoms with Crippen LogP contribution in [0.5, 0.6) is 5.75 Å². The van der Waals surface area contributed by atoms with E-state index in [0.717, 1.165) is 29.0 Å². The highest BCUT2D eigenvalue weighted by Crippen LogP contribution is 2.32. The topological polar surface area (TPSA) is 48.1 Å². The third kappa shape index (κ3) is 3.83. The lowest BCUT2D eigenvalue weighted by molar-refractivity contribution is 0.414. The fourth-order valence-electron chi connectivity index (χ4n) is 2.59. The molecule has 1 atom stereocenters. The molecule has 2 aromatic carbocycles. The van der Waals surface area contributed by atoms with Crippen LogP contribution in [0, 0.1) is 0 Å². The van der Waals surface area contributed by atoms with Crippen molar-refractivity contribution >= 4 is 39.7 Å². The van der Waals surface area contributed by atoms with Gasteiger partial charge in [0.15, 0.2) is 5.13 Å². The highest BCUT2D eigenvalue weighted by molar-refractivity contribution is 7.13. The SMILES string of the molecule is COc1ccc(C(Cc2ccc(Cl)c(Cl)c2)c2csc(N)n2)cc1. The molecule has 1 aromatic heterocycles. The molecule has 2 N–H and O–H groups in total. The zero-order valence-electron chi connectivity index (χ0n) is 13.0. The first-order chi connectivity index (χ1) is 11.6. The lowest BCUT2D eigenvalue weighted by Gasteiger charge is -2.16. The lowest BCUT2D eigenvalue weighted by atomic mass is 9.89. The monoisotopic (exact) mass is 378 g/mol. The highest BCUT2D eigenvalue weighted by atomic mass is 35.5. The average Bonchev–Trinajstić information content (AvgIpc) is 3.02. The fraction of sp³-hybridized carbons (Fsp3) is 0.167. The van der Waals surface area contributed by atoms with E-state index < -0.39 is 0 Å². The van der Waals surface area contributed by atoms with Crippen LogP contribution in [0.15, 0.2) is 47.8 Å². The van der Waals surface area contributed by atoms with Crippen molar-refractivity contribution in [3.8, 4) is 5.75 Å². The lowest BCUT2D eigenvalue weighted by Crippen LogP contribution is -2.06. The number of nitrogen functional groups attached to an aromatic ring is 1. The van der Waals surface area contributed by atoms with Crippen molar-refractivity contribution in [1.29, 1.82) is 0 Å². The normalized spacial score (nSPS) is 12.1. The van der Waals surface area contributed by atoms with Crippen molar-refractivity contribution in [1.82, 2.24) is 4.98 Å². The number of thiazole rings is 1. The van der Waals surface area contributed by atoms with Crippen LogP contribution in [0.4, 0.5) is 5.13 Å². The van der Waals surface area contributed by atoms with Crippen LogP contribution in [-0.4, -0.2) is 12.1 Å². The summed E-state index contributed by atoms with van der Waals surface area (Å²) >= 11 is 13.6. The Hall–Kier alpha value is -1.75. The first-order valence-corrected chi connectivity index (χ1v) is 8.99. The number of aromatic nitrogens is 1. The minimum atomic E-state index is 0.0849. The van der Waals surface area contributed by atoms with Gasteiger partial charge in [-0.3, -0.25) is 0 Å². The Morgan fingerprint density at radius 2 is 1.88 bits per heavy atom. The predicted octanol–water partition coefficient (Wildman–Crippen LogP) is 5.42. The summed E-state index contributed by atoms with van der Waals surface area (Å²) in [6.07, 6.45) is 0.756. The highest BCUT2D eigenvalue weighted by Gasteiger charge is 2.18. The van der Waals surface area contributed by atoms with Crippen LogP contribution in [0.25, 0.3) is 0 Å². The molecule has 0 saturated carbocycles. The van der Waals surface area contributed by atoms with Gasteiger partial charge in [0.25, 0.3) is 0 Å². The van der Waals surface area contributed by atoms with E-state index in [-0.39, 0.29) is 5.92 Å². The molecule has 1 unspecified atom stereocenters. The Bertz CT molecular complexity index is 833. The molecule has 0 spiro atoms. The van der Waals surface area contributed by atoms with Gasteiger partial charge >= 0.3 is 0 Å². The van der Waals surface area contributed by atoms with E-state index in [1.54, 1.807) is 7.11 Å². The van der Waals surface area contributed by atoms with Gasteiger partial charge in [0.1, 0.15) is 5.75 Å². The van der Waals surface area contributed by atoms with Crippen molar-refractivity contribution in [3.05, 3.63) is 74.7 Å². The number of benzene rings is 2. The van der Waals surface area contributed by atoms with Crippen molar-refractivity contribution in [2.24, 2.45) is 0 Å². The minimum absolute atomic E-state index is 0.0849. The van der Waals surface area contributed by atoms with E-state index in [4.69, 9.17) is 33.7 Å². The quantitative estimate of drug-likeness (QED) is 0.644. The molecule has 1 heterocycles. The minimum Gasteiger partial charge on any atom is -0.497 e. The van der Waals surface area contributed by atoms with Crippen LogP contribution < -0.4 is 10.5 Å². The van der Waals surface area contributed by atoms with Crippen molar-refractivity contribution < 1.29 is 4.74 Å². The number of ether oxygens (including phenoxy) is 1. The van der Waals surface area contributed by atoms with Crippen LogP contribution in [0.2, 0.25) is 10.0 Å². The second-order valence-electron chi connectivity index (χ2n) is 5.39. The molecule has 0 aliphatic rings. The number of nitrogens with zero attached hydrogens (tertiary/aromatic N) is 1. The van der Waals surface area contributed by atoms with Gasteiger partial charge in [0.2, 0.25) is 0 Å². The molecule has 3 aromatic rings. The number of rotatable bonds is 5. The smallest absolute Gasteiger partial charge is 0.180 e. The maximum Gasteiger partial charge on any atom is 0.180 e. The summed E-state index contributed by atoms with van der Waals surface area (Å²) in [6, 6.07) is 13.7. The fourth-order valence-corrected chi connectivity index (χ4v) is 3.53. The molecule has 6 heteroatoms. The van der Waals surface area contributed by atoms with Gasteiger partial charge in [-0.15, -0.1) is 11.3 Å². The standard InChI is InChI=1S/C18H16Cl2N2OS/c1-23-13-5-3-12(4-6-13)14(17-10-24-18(21)22-17)8-11-2-7-15(19)16(20)9-11/h2-7,9-10,14H,8H2,1H3,(H2,21,22). The first kappa shape index (κ1) is 17.1. The van der Waals surface area contributed by atoms with Crippen LogP contribution in [0.3, 0.4) is 0 Å². The molecule has 3 rings (SSSR count). The molecule has 0 radical (unpaired) electrons. The van der Waals surface area contributed by atoms with Crippen LogP contribution in [-0.2, 0) is 6.42 Å². The molecule has 3 nitrogen and oxygen atoms in total. The van der Waals surface area contributed by atoms with Crippen LogP contribution >= 0.6 is 34.5 Å². The summed E-state index contributed by atoms with van der Waals surface area (Å²) in [5.74, 6) is 0.909. The third-order valence-electron chi connectivity index (χ3n) is 3.84. The van der Waals surface area contributed by atoms with Crippen molar-refractivity contribution in [3.63, 3.8) is 0 Å². The van der Waals surface area contributed by atoms with Gasteiger partial charge in [-0.05, 0) is 41.8 Å². The maximum atomic E-state index is 6.15. The Morgan fingerprint density at radius 3 is 2.46 bits per heavy atom. The molecule has 0 amide bonds. The Morgan fingerprint density at radius 1 is 1.12 bits per heavy atom. The Kier molecular flexibility index (Phi) is 5.29. The summed E-state index contributed by atoms with van der Waals surface area (Å²) in [5, 5.41) is 3.68. The number of anilines is 1. The van der Waals surface area contributed by atoms with Gasteiger partial charge in [0, 0.05) is 11.3 Å². The summed E-state index contributed by atoms with van der Waals surface area (Å²) in [4.78, 5) is 4.47. The van der Waals surface area contributed by atoms with Gasteiger partial charge < -0.3 is 10.5 Å². The van der Waals surface area contributed by atoms with E-state index in [0.29, 0.717) is 15.2 Å². The molecule has 0 aliphatic heterocycles.